The molecule has 0 radical (unpaired) electrons. The van der Waals surface area contributed by atoms with Crippen molar-refractivity contribution in [3.63, 3.8) is 0 Å². The fourth-order valence-electron chi connectivity index (χ4n) is 3.39. The van der Waals surface area contributed by atoms with Crippen molar-refractivity contribution in [2.24, 2.45) is 17.8 Å². The van der Waals surface area contributed by atoms with Crippen LogP contribution in [-0.4, -0.2) is 12.6 Å². The molecule has 1 aliphatic rings. The molecule has 3 unspecified atom stereocenters. The standard InChI is InChI=1S/C18H28BrN/c1-13(2)20-12-16-7-4-14(3)10-17(16)11-15-5-8-18(19)9-6-15/h5-6,8-9,13-14,16-17,20H,4,7,10-12H2,1-3H3. The quantitative estimate of drug-likeness (QED) is 0.793. The number of hydrogen-bond acceptors (Lipinski definition) is 1. The topological polar surface area (TPSA) is 12.0 Å². The normalized spacial score (nSPS) is 26.9. The Morgan fingerprint density at radius 3 is 2.50 bits per heavy atom. The van der Waals surface area contributed by atoms with Crippen LogP contribution in [0.1, 0.15) is 45.6 Å². The van der Waals surface area contributed by atoms with E-state index in [4.69, 9.17) is 0 Å². The van der Waals surface area contributed by atoms with Crippen LogP contribution in [0.4, 0.5) is 0 Å². The molecule has 1 N–H and O–H groups in total. The van der Waals surface area contributed by atoms with Gasteiger partial charge in [0.1, 0.15) is 0 Å². The van der Waals surface area contributed by atoms with Crippen LogP contribution >= 0.6 is 15.9 Å². The lowest BCUT2D eigenvalue weighted by atomic mass is 9.72. The van der Waals surface area contributed by atoms with Gasteiger partial charge in [0.15, 0.2) is 0 Å². The first-order chi connectivity index (χ1) is 9.54. The molecule has 20 heavy (non-hydrogen) atoms. The van der Waals surface area contributed by atoms with E-state index in [-0.39, 0.29) is 0 Å². The molecule has 0 aliphatic heterocycles. The molecule has 1 fully saturated rings. The summed E-state index contributed by atoms with van der Waals surface area (Å²) < 4.78 is 1.18. The molecule has 0 spiro atoms. The molecule has 3 atom stereocenters. The first-order valence-corrected chi connectivity index (χ1v) is 8.81. The fourth-order valence-corrected chi connectivity index (χ4v) is 3.65. The van der Waals surface area contributed by atoms with Crippen LogP contribution in [0, 0.1) is 17.8 Å². The number of nitrogens with one attached hydrogen (secondary N) is 1. The predicted molar refractivity (Wildman–Crippen MR) is 91.0 cm³/mol. The molecule has 1 aromatic rings. The van der Waals surface area contributed by atoms with Crippen molar-refractivity contribution >= 4 is 15.9 Å². The van der Waals surface area contributed by atoms with Crippen molar-refractivity contribution in [3.05, 3.63) is 34.3 Å². The summed E-state index contributed by atoms with van der Waals surface area (Å²) in [4.78, 5) is 0. The SMILES string of the molecule is CC1CCC(CNC(C)C)C(Cc2ccc(Br)cc2)C1. The minimum atomic E-state index is 0.600. The average molecular weight is 338 g/mol. The Balaban J connectivity index is 1.98. The molecule has 0 heterocycles. The van der Waals surface area contributed by atoms with E-state index in [1.807, 2.05) is 0 Å². The minimum Gasteiger partial charge on any atom is -0.314 e. The molecular formula is C18H28BrN. The Labute approximate surface area is 132 Å². The van der Waals surface area contributed by atoms with E-state index in [1.54, 1.807) is 0 Å². The second kappa shape index (κ2) is 7.61. The van der Waals surface area contributed by atoms with Gasteiger partial charge in [0.25, 0.3) is 0 Å². The van der Waals surface area contributed by atoms with Crippen molar-refractivity contribution in [2.45, 2.75) is 52.5 Å². The summed E-state index contributed by atoms with van der Waals surface area (Å²) in [6.45, 7) is 8.09. The molecule has 112 valence electrons. The highest BCUT2D eigenvalue weighted by molar-refractivity contribution is 9.10. The van der Waals surface area contributed by atoms with Gasteiger partial charge in [-0.15, -0.1) is 0 Å². The van der Waals surface area contributed by atoms with Gasteiger partial charge in [0.2, 0.25) is 0 Å². The lowest BCUT2D eigenvalue weighted by Crippen LogP contribution is -2.36. The van der Waals surface area contributed by atoms with Crippen LogP contribution in [0.2, 0.25) is 0 Å². The monoisotopic (exact) mass is 337 g/mol. The summed E-state index contributed by atoms with van der Waals surface area (Å²) in [6, 6.07) is 9.49. The zero-order valence-electron chi connectivity index (χ0n) is 13.0. The summed E-state index contributed by atoms with van der Waals surface area (Å²) in [5, 5.41) is 3.65. The average Bonchev–Trinajstić information content (AvgIpc) is 2.40. The second-order valence-corrected chi connectivity index (χ2v) is 7.75. The van der Waals surface area contributed by atoms with E-state index in [2.05, 4.69) is 66.3 Å². The van der Waals surface area contributed by atoms with Crippen LogP contribution in [0.25, 0.3) is 0 Å². The number of hydrogen-bond donors (Lipinski definition) is 1. The molecule has 1 nitrogen and oxygen atoms in total. The highest BCUT2D eigenvalue weighted by Crippen LogP contribution is 2.35. The molecular weight excluding hydrogens is 310 g/mol. The Kier molecular flexibility index (Phi) is 6.10. The first kappa shape index (κ1) is 16.0. The highest BCUT2D eigenvalue weighted by Gasteiger charge is 2.28. The fraction of sp³-hybridized carbons (Fsp3) is 0.667. The first-order valence-electron chi connectivity index (χ1n) is 8.02. The summed E-state index contributed by atoms with van der Waals surface area (Å²) in [6.07, 6.45) is 5.42. The molecule has 2 heteroatoms. The molecule has 1 aliphatic carbocycles. The molecule has 0 amide bonds. The van der Waals surface area contributed by atoms with Crippen LogP contribution in [0.3, 0.4) is 0 Å². The van der Waals surface area contributed by atoms with E-state index in [0.717, 1.165) is 17.8 Å². The van der Waals surface area contributed by atoms with E-state index in [0.29, 0.717) is 6.04 Å². The molecule has 0 bridgehead atoms. The number of halogens is 1. The van der Waals surface area contributed by atoms with Gasteiger partial charge in [-0.05, 0) is 61.3 Å². The maximum atomic E-state index is 3.65. The minimum absolute atomic E-state index is 0.600. The summed E-state index contributed by atoms with van der Waals surface area (Å²) >= 11 is 3.52. The van der Waals surface area contributed by atoms with Gasteiger partial charge in [-0.3, -0.25) is 0 Å². The maximum Gasteiger partial charge on any atom is 0.0175 e. The lowest BCUT2D eigenvalue weighted by molar-refractivity contribution is 0.181. The molecule has 0 aromatic heterocycles. The van der Waals surface area contributed by atoms with Gasteiger partial charge < -0.3 is 5.32 Å². The van der Waals surface area contributed by atoms with Crippen molar-refractivity contribution in [1.82, 2.24) is 5.32 Å². The maximum absolute atomic E-state index is 3.65. The van der Waals surface area contributed by atoms with Crippen molar-refractivity contribution < 1.29 is 0 Å². The Hall–Kier alpha value is -0.340. The summed E-state index contributed by atoms with van der Waals surface area (Å²) in [7, 11) is 0. The third-order valence-corrected chi connectivity index (χ3v) is 5.13. The van der Waals surface area contributed by atoms with Crippen molar-refractivity contribution in [3.8, 4) is 0 Å². The van der Waals surface area contributed by atoms with Gasteiger partial charge in [-0.25, -0.2) is 0 Å². The van der Waals surface area contributed by atoms with E-state index >= 15 is 0 Å². The third kappa shape index (κ3) is 4.89. The van der Waals surface area contributed by atoms with Crippen molar-refractivity contribution in [2.75, 3.05) is 6.54 Å². The smallest absolute Gasteiger partial charge is 0.0175 e. The molecule has 1 aromatic carbocycles. The second-order valence-electron chi connectivity index (χ2n) is 6.83. The van der Waals surface area contributed by atoms with Gasteiger partial charge in [-0.2, -0.15) is 0 Å². The van der Waals surface area contributed by atoms with Gasteiger partial charge in [0.05, 0.1) is 0 Å². The van der Waals surface area contributed by atoms with Crippen LogP contribution in [-0.2, 0) is 6.42 Å². The van der Waals surface area contributed by atoms with Gasteiger partial charge in [0, 0.05) is 10.5 Å². The highest BCUT2D eigenvalue weighted by atomic mass is 79.9. The van der Waals surface area contributed by atoms with Crippen LogP contribution in [0.15, 0.2) is 28.7 Å². The number of rotatable bonds is 5. The van der Waals surface area contributed by atoms with E-state index in [9.17, 15) is 0 Å². The van der Waals surface area contributed by atoms with Crippen molar-refractivity contribution in [1.29, 1.82) is 0 Å². The zero-order valence-corrected chi connectivity index (χ0v) is 14.6. The van der Waals surface area contributed by atoms with Crippen LogP contribution in [0.5, 0.6) is 0 Å². The van der Waals surface area contributed by atoms with Gasteiger partial charge in [-0.1, -0.05) is 55.3 Å². The number of benzene rings is 1. The molecule has 0 saturated heterocycles. The largest absolute Gasteiger partial charge is 0.314 e. The van der Waals surface area contributed by atoms with Gasteiger partial charge >= 0.3 is 0 Å². The summed E-state index contributed by atoms with van der Waals surface area (Å²) in [5.41, 5.74) is 1.49. The van der Waals surface area contributed by atoms with E-state index < -0.39 is 0 Å². The van der Waals surface area contributed by atoms with E-state index in [1.165, 1.54) is 42.3 Å². The van der Waals surface area contributed by atoms with Crippen LogP contribution < -0.4 is 5.32 Å². The molecule has 2 rings (SSSR count). The summed E-state index contributed by atoms with van der Waals surface area (Å²) in [5.74, 6) is 2.58. The molecule has 1 saturated carbocycles. The Morgan fingerprint density at radius 1 is 1.15 bits per heavy atom. The Morgan fingerprint density at radius 2 is 1.85 bits per heavy atom. The Bertz CT molecular complexity index is 398. The lowest BCUT2D eigenvalue weighted by Gasteiger charge is -2.35. The zero-order chi connectivity index (χ0) is 14.5. The predicted octanol–water partition coefficient (Wildman–Crippen LogP) is 5.04. The third-order valence-electron chi connectivity index (χ3n) is 4.60.